The van der Waals surface area contributed by atoms with Crippen molar-refractivity contribution in [2.24, 2.45) is 0 Å². The molecular weight excluding hydrogens is 523 g/mol. The lowest BCUT2D eigenvalue weighted by atomic mass is 9.99. The van der Waals surface area contributed by atoms with Crippen molar-refractivity contribution in [3.05, 3.63) is 89.4 Å². The number of rotatable bonds is 13. The van der Waals surface area contributed by atoms with E-state index in [1.807, 2.05) is 44.1 Å². The van der Waals surface area contributed by atoms with Gasteiger partial charge in [0.25, 0.3) is 11.8 Å². The fourth-order valence-corrected chi connectivity index (χ4v) is 4.57. The van der Waals surface area contributed by atoms with Gasteiger partial charge in [-0.1, -0.05) is 25.1 Å². The van der Waals surface area contributed by atoms with Crippen LogP contribution in [0.15, 0.2) is 66.9 Å². The molecule has 0 saturated carbocycles. The van der Waals surface area contributed by atoms with Crippen molar-refractivity contribution >= 4 is 22.7 Å². The molecule has 9 heteroatoms. The van der Waals surface area contributed by atoms with Gasteiger partial charge in [-0.3, -0.25) is 9.59 Å². The van der Waals surface area contributed by atoms with Crippen LogP contribution in [-0.2, 0) is 6.42 Å². The van der Waals surface area contributed by atoms with Crippen LogP contribution in [0.2, 0.25) is 0 Å². The minimum absolute atomic E-state index is 0.169. The second-order valence-corrected chi connectivity index (χ2v) is 10.3. The first-order chi connectivity index (χ1) is 19.8. The van der Waals surface area contributed by atoms with E-state index in [-0.39, 0.29) is 18.3 Å². The zero-order valence-electron chi connectivity index (χ0n) is 23.7. The lowest BCUT2D eigenvalue weighted by Gasteiger charge is -2.18. The summed E-state index contributed by atoms with van der Waals surface area (Å²) in [6.07, 6.45) is 2.84. The molecule has 1 unspecified atom stereocenters. The fourth-order valence-electron chi connectivity index (χ4n) is 4.57. The van der Waals surface area contributed by atoms with Gasteiger partial charge in [-0.2, -0.15) is 0 Å². The molecule has 41 heavy (non-hydrogen) atoms. The molecule has 0 radical (unpaired) electrons. The molecule has 4 aromatic rings. The minimum Gasteiger partial charge on any atom is -0.493 e. The molecule has 0 spiro atoms. The summed E-state index contributed by atoms with van der Waals surface area (Å²) in [7, 11) is 3.89. The molecule has 1 atom stereocenters. The third kappa shape index (κ3) is 7.71. The van der Waals surface area contributed by atoms with E-state index < -0.39 is 11.9 Å². The highest BCUT2D eigenvalue weighted by molar-refractivity contribution is 5.99. The first-order valence-corrected chi connectivity index (χ1v) is 13.8. The van der Waals surface area contributed by atoms with E-state index >= 15 is 0 Å². The monoisotopic (exact) mass is 560 g/mol. The normalized spacial score (nSPS) is 12.0. The number of aliphatic hydroxyl groups excluding tert-OH is 1. The lowest BCUT2D eigenvalue weighted by Crippen LogP contribution is -2.39. The van der Waals surface area contributed by atoms with Gasteiger partial charge in [-0.15, -0.1) is 0 Å². The summed E-state index contributed by atoms with van der Waals surface area (Å²) in [4.78, 5) is 31.3. The van der Waals surface area contributed by atoms with Crippen LogP contribution in [0.4, 0.5) is 4.39 Å². The quantitative estimate of drug-likeness (QED) is 0.194. The maximum Gasteiger partial charge on any atom is 0.255 e. The molecule has 0 bridgehead atoms. The summed E-state index contributed by atoms with van der Waals surface area (Å²) in [6.45, 7) is 3.38. The Morgan fingerprint density at radius 3 is 2.61 bits per heavy atom. The first kappa shape index (κ1) is 29.8. The number of aromatic nitrogens is 1. The van der Waals surface area contributed by atoms with Crippen LogP contribution in [0.5, 0.6) is 5.75 Å². The van der Waals surface area contributed by atoms with Gasteiger partial charge in [0, 0.05) is 35.8 Å². The number of ether oxygens (including phenoxy) is 1. The number of hydrogen-bond acceptors (Lipinski definition) is 5. The number of carbonyl (C=O) groups excluding carboxylic acids is 2. The minimum atomic E-state index is -0.610. The fraction of sp³-hybridized carbons (Fsp3) is 0.312. The maximum atomic E-state index is 13.9. The summed E-state index contributed by atoms with van der Waals surface area (Å²) in [5, 5.41) is 16.6. The van der Waals surface area contributed by atoms with Gasteiger partial charge in [0.1, 0.15) is 11.6 Å². The Bertz CT molecular complexity index is 1500. The second-order valence-electron chi connectivity index (χ2n) is 10.3. The van der Waals surface area contributed by atoms with Gasteiger partial charge in [0.2, 0.25) is 0 Å². The van der Waals surface area contributed by atoms with Crippen LogP contribution in [0.25, 0.3) is 22.0 Å². The van der Waals surface area contributed by atoms with Gasteiger partial charge >= 0.3 is 0 Å². The van der Waals surface area contributed by atoms with E-state index in [9.17, 15) is 19.1 Å². The highest BCUT2D eigenvalue weighted by Gasteiger charge is 2.20. The first-order valence-electron chi connectivity index (χ1n) is 13.8. The summed E-state index contributed by atoms with van der Waals surface area (Å²) >= 11 is 0. The van der Waals surface area contributed by atoms with Crippen molar-refractivity contribution in [1.82, 2.24) is 20.5 Å². The molecule has 4 N–H and O–H groups in total. The van der Waals surface area contributed by atoms with E-state index in [0.29, 0.717) is 41.8 Å². The molecule has 0 aliphatic heterocycles. The molecular formula is C32H37FN4O4. The highest BCUT2D eigenvalue weighted by atomic mass is 19.1. The van der Waals surface area contributed by atoms with E-state index in [0.717, 1.165) is 35.2 Å². The molecule has 8 nitrogen and oxygen atoms in total. The van der Waals surface area contributed by atoms with Crippen molar-refractivity contribution in [2.45, 2.75) is 25.8 Å². The topological polar surface area (TPSA) is 107 Å². The number of nitrogens with one attached hydrogen (secondary N) is 3. The summed E-state index contributed by atoms with van der Waals surface area (Å²) in [5.41, 5.74) is 3.93. The SMILES string of the molecule is CCCOc1ccc(-c2cccc(C(=O)NCCN(C)C)c2)cc1C(=O)NC(CO)Cc1c[nH]c2ccc(F)cc12. The average Bonchev–Trinajstić information content (AvgIpc) is 3.36. The van der Waals surface area contributed by atoms with E-state index in [4.69, 9.17) is 4.74 Å². The van der Waals surface area contributed by atoms with Crippen molar-refractivity contribution in [1.29, 1.82) is 0 Å². The Balaban J connectivity index is 1.56. The Labute approximate surface area is 239 Å². The number of H-pyrrole nitrogens is 1. The van der Waals surface area contributed by atoms with Crippen LogP contribution in [0, 0.1) is 5.82 Å². The Morgan fingerprint density at radius 2 is 1.85 bits per heavy atom. The van der Waals surface area contributed by atoms with Gasteiger partial charge in [0.15, 0.2) is 0 Å². The molecule has 216 valence electrons. The number of likely N-dealkylation sites (N-methyl/N-ethyl adjacent to an activating group) is 1. The summed E-state index contributed by atoms with van der Waals surface area (Å²) in [6, 6.07) is 16.4. The van der Waals surface area contributed by atoms with Crippen molar-refractivity contribution < 1.29 is 23.8 Å². The predicted molar refractivity (Wildman–Crippen MR) is 159 cm³/mol. The van der Waals surface area contributed by atoms with Crippen molar-refractivity contribution in [3.8, 4) is 16.9 Å². The van der Waals surface area contributed by atoms with Gasteiger partial charge in [0.05, 0.1) is 24.8 Å². The third-order valence-corrected chi connectivity index (χ3v) is 6.74. The molecule has 0 saturated heterocycles. The van der Waals surface area contributed by atoms with Crippen molar-refractivity contribution in [3.63, 3.8) is 0 Å². The van der Waals surface area contributed by atoms with Crippen LogP contribution in [0.3, 0.4) is 0 Å². The largest absolute Gasteiger partial charge is 0.493 e. The molecule has 1 aromatic heterocycles. The molecule has 3 aromatic carbocycles. The standard InChI is InChI=1S/C32H37FN4O4/c1-4-14-41-30-11-8-22(21-6-5-7-23(15-21)31(39)34-12-13-37(2)3)17-28(30)32(40)36-26(20-38)16-24-19-35-29-10-9-25(33)18-27(24)29/h5-11,15,17-19,26,35,38H,4,12-14,16,20H2,1-3H3,(H,34,39)(H,36,40). The van der Waals surface area contributed by atoms with Crippen LogP contribution >= 0.6 is 0 Å². The average molecular weight is 561 g/mol. The van der Waals surface area contributed by atoms with E-state index in [1.165, 1.54) is 12.1 Å². The van der Waals surface area contributed by atoms with Gasteiger partial charge < -0.3 is 30.4 Å². The Morgan fingerprint density at radius 1 is 1.05 bits per heavy atom. The van der Waals surface area contributed by atoms with Gasteiger partial charge in [-0.25, -0.2) is 4.39 Å². The number of fused-ring (bicyclic) bond motifs is 1. The van der Waals surface area contributed by atoms with E-state index in [2.05, 4.69) is 15.6 Å². The Kier molecular flexibility index (Phi) is 10.1. The number of aromatic amines is 1. The third-order valence-electron chi connectivity index (χ3n) is 6.74. The molecule has 1 heterocycles. The molecule has 0 aliphatic carbocycles. The number of amides is 2. The van der Waals surface area contributed by atoms with Crippen LogP contribution in [0.1, 0.15) is 39.6 Å². The zero-order chi connectivity index (χ0) is 29.4. The number of halogens is 1. The number of carbonyl (C=O) groups is 2. The molecule has 4 rings (SSSR count). The smallest absolute Gasteiger partial charge is 0.255 e. The zero-order valence-corrected chi connectivity index (χ0v) is 23.7. The van der Waals surface area contributed by atoms with Crippen LogP contribution < -0.4 is 15.4 Å². The van der Waals surface area contributed by atoms with Crippen molar-refractivity contribution in [2.75, 3.05) is 40.4 Å². The lowest BCUT2D eigenvalue weighted by molar-refractivity contribution is 0.0911. The Hall–Kier alpha value is -4.21. The van der Waals surface area contributed by atoms with Crippen LogP contribution in [-0.4, -0.2) is 73.2 Å². The number of aliphatic hydroxyl groups is 1. The van der Waals surface area contributed by atoms with Gasteiger partial charge in [-0.05, 0) is 86.1 Å². The summed E-state index contributed by atoms with van der Waals surface area (Å²) in [5.74, 6) is -0.498. The second kappa shape index (κ2) is 13.9. The maximum absolute atomic E-state index is 13.9. The number of hydrogen-bond donors (Lipinski definition) is 4. The molecule has 0 fully saturated rings. The number of nitrogens with zero attached hydrogens (tertiary/aromatic N) is 1. The highest BCUT2D eigenvalue weighted by Crippen LogP contribution is 2.28. The number of benzene rings is 3. The molecule has 2 amide bonds. The summed E-state index contributed by atoms with van der Waals surface area (Å²) < 4.78 is 19.7. The predicted octanol–water partition coefficient (Wildman–Crippen LogP) is 4.39. The molecule has 0 aliphatic rings. The van der Waals surface area contributed by atoms with E-state index in [1.54, 1.807) is 36.5 Å².